The van der Waals surface area contributed by atoms with Crippen molar-refractivity contribution < 1.29 is 5.11 Å². The molecule has 2 atom stereocenters. The van der Waals surface area contributed by atoms with Gasteiger partial charge in [-0.05, 0) is 25.2 Å². The molecule has 0 bridgehead atoms. The molecule has 2 rings (SSSR count). The molecule has 0 aliphatic heterocycles. The van der Waals surface area contributed by atoms with Gasteiger partial charge >= 0.3 is 0 Å². The Bertz CT molecular complexity index is 337. The molecule has 1 fully saturated rings. The maximum absolute atomic E-state index is 9.25. The number of aliphatic hydroxyl groups is 1. The van der Waals surface area contributed by atoms with Crippen LogP contribution in [-0.4, -0.2) is 27.5 Å². The molecule has 1 heterocycles. The second kappa shape index (κ2) is 6.17. The fourth-order valence-corrected chi connectivity index (χ4v) is 2.62. The third-order valence-electron chi connectivity index (χ3n) is 3.60. The van der Waals surface area contributed by atoms with E-state index in [0.29, 0.717) is 18.6 Å². The van der Waals surface area contributed by atoms with Gasteiger partial charge in [-0.3, -0.25) is 4.68 Å². The summed E-state index contributed by atoms with van der Waals surface area (Å²) in [7, 11) is 0. The maximum atomic E-state index is 9.25. The second-order valence-electron chi connectivity index (χ2n) is 4.97. The number of nitrogens with zero attached hydrogens (tertiary/aromatic N) is 2. The maximum Gasteiger partial charge on any atom is 0.0534 e. The highest BCUT2D eigenvalue weighted by molar-refractivity contribution is 5.04. The minimum atomic E-state index is 0.312. The Labute approximate surface area is 103 Å². The number of rotatable bonds is 6. The van der Waals surface area contributed by atoms with E-state index in [9.17, 15) is 5.11 Å². The summed E-state index contributed by atoms with van der Waals surface area (Å²) in [6, 6.07) is 0.481. The second-order valence-corrected chi connectivity index (χ2v) is 4.97. The van der Waals surface area contributed by atoms with Crippen LogP contribution in [0.1, 0.15) is 38.2 Å². The summed E-state index contributed by atoms with van der Waals surface area (Å²) in [6.45, 7) is 4.32. The normalized spacial score (nSPS) is 24.4. The molecule has 96 valence electrons. The smallest absolute Gasteiger partial charge is 0.0534 e. The zero-order chi connectivity index (χ0) is 12.1. The molecule has 1 aliphatic carbocycles. The molecule has 1 aromatic heterocycles. The van der Waals surface area contributed by atoms with Crippen molar-refractivity contribution in [1.29, 1.82) is 0 Å². The summed E-state index contributed by atoms with van der Waals surface area (Å²) in [5.41, 5.74) is 1.24. The number of aliphatic hydroxyl groups excluding tert-OH is 1. The predicted molar refractivity (Wildman–Crippen MR) is 67.6 cm³/mol. The zero-order valence-electron chi connectivity index (χ0n) is 10.6. The Balaban J connectivity index is 1.80. The Hall–Kier alpha value is -0.870. The van der Waals surface area contributed by atoms with Gasteiger partial charge in [-0.2, -0.15) is 5.10 Å². The van der Waals surface area contributed by atoms with E-state index >= 15 is 0 Å². The average molecular weight is 237 g/mol. The van der Waals surface area contributed by atoms with Gasteiger partial charge < -0.3 is 10.4 Å². The zero-order valence-corrected chi connectivity index (χ0v) is 10.6. The van der Waals surface area contributed by atoms with Gasteiger partial charge in [0.05, 0.1) is 6.20 Å². The first kappa shape index (κ1) is 12.6. The number of aromatic nitrogens is 2. The van der Waals surface area contributed by atoms with E-state index in [1.54, 1.807) is 0 Å². The third kappa shape index (κ3) is 3.30. The minimum Gasteiger partial charge on any atom is -0.396 e. The van der Waals surface area contributed by atoms with Crippen molar-refractivity contribution in [3.63, 3.8) is 0 Å². The lowest BCUT2D eigenvalue weighted by atomic mass is 10.1. The number of aryl methyl sites for hydroxylation is 1. The molecule has 4 nitrogen and oxygen atoms in total. The van der Waals surface area contributed by atoms with Gasteiger partial charge in [0.25, 0.3) is 0 Å². The van der Waals surface area contributed by atoms with Crippen molar-refractivity contribution in [3.05, 3.63) is 18.0 Å². The van der Waals surface area contributed by atoms with E-state index in [4.69, 9.17) is 0 Å². The van der Waals surface area contributed by atoms with Gasteiger partial charge in [-0.15, -0.1) is 0 Å². The highest BCUT2D eigenvalue weighted by atomic mass is 16.3. The van der Waals surface area contributed by atoms with Gasteiger partial charge in [0.15, 0.2) is 0 Å². The summed E-state index contributed by atoms with van der Waals surface area (Å²) in [5, 5.41) is 17.1. The molecule has 1 aromatic rings. The summed E-state index contributed by atoms with van der Waals surface area (Å²) in [5.74, 6) is 0.445. The van der Waals surface area contributed by atoms with Gasteiger partial charge in [-0.25, -0.2) is 0 Å². The van der Waals surface area contributed by atoms with Gasteiger partial charge in [0.1, 0.15) is 0 Å². The number of hydrogen-bond acceptors (Lipinski definition) is 3. The molecule has 0 aromatic carbocycles. The van der Waals surface area contributed by atoms with E-state index in [2.05, 4.69) is 23.5 Å². The lowest BCUT2D eigenvalue weighted by Crippen LogP contribution is -2.33. The average Bonchev–Trinajstić information content (AvgIpc) is 2.95. The highest BCUT2D eigenvalue weighted by Crippen LogP contribution is 2.25. The van der Waals surface area contributed by atoms with Crippen molar-refractivity contribution in [2.45, 2.75) is 51.7 Å². The first-order valence-electron chi connectivity index (χ1n) is 6.69. The summed E-state index contributed by atoms with van der Waals surface area (Å²) < 4.78 is 2.00. The van der Waals surface area contributed by atoms with Gasteiger partial charge in [0, 0.05) is 37.5 Å². The third-order valence-corrected chi connectivity index (χ3v) is 3.60. The molecule has 0 amide bonds. The van der Waals surface area contributed by atoms with Gasteiger partial charge in [-0.1, -0.05) is 13.3 Å². The van der Waals surface area contributed by atoms with Crippen molar-refractivity contribution in [2.75, 3.05) is 6.61 Å². The van der Waals surface area contributed by atoms with Gasteiger partial charge in [0.2, 0.25) is 0 Å². The SMILES string of the molecule is CCCn1cc(CNC2CCCC2CO)cn1. The molecule has 4 heteroatoms. The van der Waals surface area contributed by atoms with Crippen LogP contribution in [0.2, 0.25) is 0 Å². The molecular weight excluding hydrogens is 214 g/mol. The van der Waals surface area contributed by atoms with E-state index < -0.39 is 0 Å². The fourth-order valence-electron chi connectivity index (χ4n) is 2.62. The molecule has 17 heavy (non-hydrogen) atoms. The van der Waals surface area contributed by atoms with E-state index in [0.717, 1.165) is 25.9 Å². The van der Waals surface area contributed by atoms with Crippen LogP contribution >= 0.6 is 0 Å². The van der Waals surface area contributed by atoms with Crippen LogP contribution in [-0.2, 0) is 13.1 Å². The molecule has 2 unspecified atom stereocenters. The quantitative estimate of drug-likeness (QED) is 0.789. The fraction of sp³-hybridized carbons (Fsp3) is 0.769. The summed E-state index contributed by atoms with van der Waals surface area (Å²) in [4.78, 5) is 0. The van der Waals surface area contributed by atoms with Crippen molar-refractivity contribution in [3.8, 4) is 0 Å². The largest absolute Gasteiger partial charge is 0.396 e. The first-order chi connectivity index (χ1) is 8.33. The van der Waals surface area contributed by atoms with Crippen LogP contribution in [0, 0.1) is 5.92 Å². The van der Waals surface area contributed by atoms with Crippen LogP contribution < -0.4 is 5.32 Å². The molecule has 1 aliphatic rings. The standard InChI is InChI=1S/C13H23N3O/c1-2-6-16-9-11(8-15-16)7-14-13-5-3-4-12(13)10-17/h8-9,12-14,17H,2-7,10H2,1H3. The van der Waals surface area contributed by atoms with E-state index in [-0.39, 0.29) is 0 Å². The summed E-state index contributed by atoms with van der Waals surface area (Å²) >= 11 is 0. The Morgan fingerprint density at radius 1 is 1.53 bits per heavy atom. The topological polar surface area (TPSA) is 50.1 Å². The van der Waals surface area contributed by atoms with Crippen molar-refractivity contribution >= 4 is 0 Å². The molecule has 0 spiro atoms. The predicted octanol–water partition coefficient (Wildman–Crippen LogP) is 1.54. The lowest BCUT2D eigenvalue weighted by molar-refractivity contribution is 0.205. The van der Waals surface area contributed by atoms with Crippen LogP contribution in [0.4, 0.5) is 0 Å². The molecule has 0 saturated heterocycles. The molecule has 2 N–H and O–H groups in total. The number of hydrogen-bond donors (Lipinski definition) is 2. The Morgan fingerprint density at radius 2 is 2.41 bits per heavy atom. The van der Waals surface area contributed by atoms with Crippen LogP contribution in [0.3, 0.4) is 0 Å². The molecule has 1 saturated carbocycles. The van der Waals surface area contributed by atoms with Crippen LogP contribution in [0.15, 0.2) is 12.4 Å². The van der Waals surface area contributed by atoms with Crippen LogP contribution in [0.5, 0.6) is 0 Å². The molecule has 0 radical (unpaired) electrons. The summed E-state index contributed by atoms with van der Waals surface area (Å²) in [6.07, 6.45) is 8.74. The van der Waals surface area contributed by atoms with E-state index in [1.165, 1.54) is 18.4 Å². The molecular formula is C13H23N3O. The van der Waals surface area contributed by atoms with E-state index in [1.807, 2.05) is 10.9 Å². The minimum absolute atomic E-state index is 0.312. The monoisotopic (exact) mass is 237 g/mol. The lowest BCUT2D eigenvalue weighted by Gasteiger charge is -2.18. The van der Waals surface area contributed by atoms with Crippen LogP contribution in [0.25, 0.3) is 0 Å². The number of nitrogens with one attached hydrogen (secondary N) is 1. The Morgan fingerprint density at radius 3 is 3.18 bits per heavy atom. The van der Waals surface area contributed by atoms with Crippen molar-refractivity contribution in [2.24, 2.45) is 5.92 Å². The highest BCUT2D eigenvalue weighted by Gasteiger charge is 2.25. The Kier molecular flexibility index (Phi) is 4.57. The van der Waals surface area contributed by atoms with Crippen molar-refractivity contribution in [1.82, 2.24) is 15.1 Å². The first-order valence-corrected chi connectivity index (χ1v) is 6.69.